The molecule has 0 aromatic rings. The molecule has 0 aliphatic rings. The van der Waals surface area contributed by atoms with Crippen LogP contribution in [0.5, 0.6) is 0 Å². The quantitative estimate of drug-likeness (QED) is 0.199. The van der Waals surface area contributed by atoms with Crippen molar-refractivity contribution in [3.05, 3.63) is 24.3 Å². The molecule has 0 amide bonds. The molecule has 0 spiro atoms. The first kappa shape index (κ1) is 18.0. The lowest BCUT2D eigenvalue weighted by atomic mass is 10.1. The molecule has 0 fully saturated rings. The summed E-state index contributed by atoms with van der Waals surface area (Å²) in [5.41, 5.74) is 0. The van der Waals surface area contributed by atoms with Crippen molar-refractivity contribution in [2.75, 3.05) is 5.33 Å². The molecule has 0 heterocycles. The van der Waals surface area contributed by atoms with Crippen LogP contribution in [-0.4, -0.2) is 5.33 Å². The van der Waals surface area contributed by atoms with E-state index in [9.17, 15) is 0 Å². The second-order valence-electron chi connectivity index (χ2n) is 4.95. The monoisotopic (exact) mass is 314 g/mol. The molecule has 18 heavy (non-hydrogen) atoms. The minimum Gasteiger partial charge on any atom is -0.0928 e. The van der Waals surface area contributed by atoms with Crippen LogP contribution in [0.2, 0.25) is 0 Å². The van der Waals surface area contributed by atoms with Gasteiger partial charge in [0.2, 0.25) is 0 Å². The summed E-state index contributed by atoms with van der Waals surface area (Å²) in [6, 6.07) is 0. The van der Waals surface area contributed by atoms with Gasteiger partial charge < -0.3 is 0 Å². The summed E-state index contributed by atoms with van der Waals surface area (Å²) in [5.74, 6) is 0. The van der Waals surface area contributed by atoms with Gasteiger partial charge in [-0.15, -0.1) is 0 Å². The zero-order valence-electron chi connectivity index (χ0n) is 12.2. The van der Waals surface area contributed by atoms with Gasteiger partial charge in [0.15, 0.2) is 0 Å². The second kappa shape index (κ2) is 17.0. The Morgan fingerprint density at radius 3 is 1.72 bits per heavy atom. The molecular formula is C17H31Br. The molecular weight excluding hydrogens is 284 g/mol. The van der Waals surface area contributed by atoms with Crippen molar-refractivity contribution in [2.24, 2.45) is 0 Å². The highest BCUT2D eigenvalue weighted by Crippen LogP contribution is 2.09. The molecule has 0 N–H and O–H groups in total. The summed E-state index contributed by atoms with van der Waals surface area (Å²) in [4.78, 5) is 0. The van der Waals surface area contributed by atoms with Crippen LogP contribution in [0.4, 0.5) is 0 Å². The van der Waals surface area contributed by atoms with Crippen LogP contribution in [0, 0.1) is 0 Å². The molecule has 0 aliphatic carbocycles. The largest absolute Gasteiger partial charge is 0.0928 e. The van der Waals surface area contributed by atoms with Crippen LogP contribution in [0.15, 0.2) is 24.3 Å². The molecule has 0 aliphatic heterocycles. The van der Waals surface area contributed by atoms with E-state index in [4.69, 9.17) is 0 Å². The number of rotatable bonds is 13. The normalized spacial score (nSPS) is 11.9. The van der Waals surface area contributed by atoms with Crippen molar-refractivity contribution >= 4 is 15.9 Å². The third-order valence-electron chi connectivity index (χ3n) is 3.11. The van der Waals surface area contributed by atoms with Crippen molar-refractivity contribution < 1.29 is 0 Å². The lowest BCUT2D eigenvalue weighted by Crippen LogP contribution is -1.80. The van der Waals surface area contributed by atoms with E-state index >= 15 is 0 Å². The van der Waals surface area contributed by atoms with E-state index < -0.39 is 0 Å². The number of alkyl halides is 1. The summed E-state index contributed by atoms with van der Waals surface area (Å²) in [7, 11) is 0. The molecule has 0 unspecified atom stereocenters. The van der Waals surface area contributed by atoms with E-state index in [1.54, 1.807) is 0 Å². The van der Waals surface area contributed by atoms with Gasteiger partial charge in [-0.1, -0.05) is 92.1 Å². The molecule has 0 radical (unpaired) electrons. The third kappa shape index (κ3) is 16.0. The third-order valence-corrected chi connectivity index (χ3v) is 3.67. The Kier molecular flexibility index (Phi) is 16.9. The first-order valence-corrected chi connectivity index (χ1v) is 8.91. The number of hydrogen-bond donors (Lipinski definition) is 0. The van der Waals surface area contributed by atoms with Gasteiger partial charge in [-0.05, 0) is 25.7 Å². The minimum absolute atomic E-state index is 1.17. The highest BCUT2D eigenvalue weighted by atomic mass is 79.9. The summed E-state index contributed by atoms with van der Waals surface area (Å²) < 4.78 is 0. The highest BCUT2D eigenvalue weighted by Gasteiger charge is 1.90. The number of unbranched alkanes of at least 4 members (excludes halogenated alkanes) is 9. The van der Waals surface area contributed by atoms with E-state index in [0.717, 1.165) is 0 Å². The zero-order chi connectivity index (χ0) is 13.3. The van der Waals surface area contributed by atoms with Crippen LogP contribution < -0.4 is 0 Å². The molecule has 1 heteroatoms. The van der Waals surface area contributed by atoms with Crippen LogP contribution >= 0.6 is 15.9 Å². The molecule has 106 valence electrons. The smallest absolute Gasteiger partial charge is 0.00313 e. The molecule has 0 saturated heterocycles. The Morgan fingerprint density at radius 2 is 1.17 bits per heavy atom. The maximum atomic E-state index is 3.47. The van der Waals surface area contributed by atoms with Crippen molar-refractivity contribution in [3.63, 3.8) is 0 Å². The van der Waals surface area contributed by atoms with Crippen molar-refractivity contribution in [3.8, 4) is 0 Å². The minimum atomic E-state index is 1.17. The lowest BCUT2D eigenvalue weighted by Gasteiger charge is -1.99. The van der Waals surface area contributed by atoms with E-state index in [2.05, 4.69) is 47.2 Å². The molecule has 0 aromatic heterocycles. The zero-order valence-corrected chi connectivity index (χ0v) is 13.8. The Morgan fingerprint density at radius 1 is 0.667 bits per heavy atom. The maximum absolute atomic E-state index is 3.47. The topological polar surface area (TPSA) is 0 Å². The number of halogens is 1. The number of allylic oxidation sites excluding steroid dienone is 4. The van der Waals surface area contributed by atoms with E-state index in [1.165, 1.54) is 76.0 Å². The van der Waals surface area contributed by atoms with Crippen LogP contribution in [0.1, 0.15) is 77.6 Å². The average Bonchev–Trinajstić information content (AvgIpc) is 2.39. The maximum Gasteiger partial charge on any atom is 0.00313 e. The first-order chi connectivity index (χ1) is 8.91. The van der Waals surface area contributed by atoms with Crippen molar-refractivity contribution in [1.29, 1.82) is 0 Å². The summed E-state index contributed by atoms with van der Waals surface area (Å²) in [6.07, 6.45) is 23.9. The predicted molar refractivity (Wildman–Crippen MR) is 88.5 cm³/mol. The van der Waals surface area contributed by atoms with Crippen molar-refractivity contribution in [2.45, 2.75) is 77.6 Å². The standard InChI is InChI=1S/C17H31Br/c1-2-3-4-5-6-7-8-9-10-11-12-13-14-15-16-17-18/h5-8H,2-4,9-17H2,1H3/b6-5-,8-7+. The van der Waals surface area contributed by atoms with Crippen LogP contribution in [0.3, 0.4) is 0 Å². The average molecular weight is 315 g/mol. The molecule has 0 saturated carbocycles. The summed E-state index contributed by atoms with van der Waals surface area (Å²) >= 11 is 3.47. The fourth-order valence-electron chi connectivity index (χ4n) is 1.91. The van der Waals surface area contributed by atoms with Gasteiger partial charge in [-0.25, -0.2) is 0 Å². The second-order valence-corrected chi connectivity index (χ2v) is 5.74. The van der Waals surface area contributed by atoms with Gasteiger partial charge >= 0.3 is 0 Å². The fourth-order valence-corrected chi connectivity index (χ4v) is 2.31. The van der Waals surface area contributed by atoms with E-state index in [0.29, 0.717) is 0 Å². The molecule has 0 nitrogen and oxygen atoms in total. The van der Waals surface area contributed by atoms with Gasteiger partial charge in [0.25, 0.3) is 0 Å². The van der Waals surface area contributed by atoms with Crippen LogP contribution in [0.25, 0.3) is 0 Å². The predicted octanol–water partition coefficient (Wildman–Crippen LogP) is 6.80. The summed E-state index contributed by atoms with van der Waals surface area (Å²) in [5, 5.41) is 1.17. The van der Waals surface area contributed by atoms with Gasteiger partial charge in [0.1, 0.15) is 0 Å². The van der Waals surface area contributed by atoms with Crippen molar-refractivity contribution in [1.82, 2.24) is 0 Å². The SMILES string of the molecule is CCCC/C=C\C=C\CCCCCCCCCBr. The molecule has 0 aromatic carbocycles. The first-order valence-electron chi connectivity index (χ1n) is 7.79. The van der Waals surface area contributed by atoms with Gasteiger partial charge in [0, 0.05) is 5.33 Å². The van der Waals surface area contributed by atoms with Crippen LogP contribution in [-0.2, 0) is 0 Å². The van der Waals surface area contributed by atoms with E-state index in [1.807, 2.05) is 0 Å². The Balaban J connectivity index is 3.10. The molecule has 0 atom stereocenters. The lowest BCUT2D eigenvalue weighted by molar-refractivity contribution is 0.594. The molecule has 0 rings (SSSR count). The number of hydrogen-bond acceptors (Lipinski definition) is 0. The van der Waals surface area contributed by atoms with Gasteiger partial charge in [0.05, 0.1) is 0 Å². The molecule has 0 bridgehead atoms. The fraction of sp³-hybridized carbons (Fsp3) is 0.765. The Bertz CT molecular complexity index is 194. The van der Waals surface area contributed by atoms with Gasteiger partial charge in [-0.2, -0.15) is 0 Å². The Labute approximate surface area is 123 Å². The Hall–Kier alpha value is -0.0400. The summed E-state index contributed by atoms with van der Waals surface area (Å²) in [6.45, 7) is 2.24. The highest BCUT2D eigenvalue weighted by molar-refractivity contribution is 9.09. The van der Waals surface area contributed by atoms with E-state index in [-0.39, 0.29) is 0 Å². The van der Waals surface area contributed by atoms with Gasteiger partial charge in [-0.3, -0.25) is 0 Å².